The number of hydrogen-bond donors (Lipinski definition) is 1. The Bertz CT molecular complexity index is 408. The van der Waals surface area contributed by atoms with E-state index in [9.17, 15) is 4.39 Å². The van der Waals surface area contributed by atoms with Crippen LogP contribution in [0.2, 0.25) is 0 Å². The lowest BCUT2D eigenvalue weighted by Crippen LogP contribution is -2.44. The molecule has 18 heavy (non-hydrogen) atoms. The Kier molecular flexibility index (Phi) is 3.80. The SMILES string of the molecule is CC(C)(C)Cc1ncnc(N2CCNCC2)c1F. The number of anilines is 1. The molecular weight excluding hydrogens is 231 g/mol. The van der Waals surface area contributed by atoms with Gasteiger partial charge in [-0.05, 0) is 11.8 Å². The fourth-order valence-electron chi connectivity index (χ4n) is 2.12. The minimum Gasteiger partial charge on any atom is -0.352 e. The van der Waals surface area contributed by atoms with Gasteiger partial charge >= 0.3 is 0 Å². The number of nitrogens with one attached hydrogen (secondary N) is 1. The first-order valence-corrected chi connectivity index (χ1v) is 6.42. The Morgan fingerprint density at radius 2 is 1.94 bits per heavy atom. The highest BCUT2D eigenvalue weighted by Gasteiger charge is 2.22. The van der Waals surface area contributed by atoms with E-state index in [1.165, 1.54) is 6.33 Å². The van der Waals surface area contributed by atoms with Gasteiger partial charge < -0.3 is 10.2 Å². The molecule has 1 aromatic rings. The van der Waals surface area contributed by atoms with Crippen LogP contribution in [0.15, 0.2) is 6.33 Å². The van der Waals surface area contributed by atoms with E-state index in [4.69, 9.17) is 0 Å². The van der Waals surface area contributed by atoms with Crippen molar-refractivity contribution in [2.45, 2.75) is 27.2 Å². The minimum absolute atomic E-state index is 0.0237. The van der Waals surface area contributed by atoms with Gasteiger partial charge in [0, 0.05) is 26.2 Å². The van der Waals surface area contributed by atoms with Gasteiger partial charge in [0.15, 0.2) is 11.6 Å². The second-order valence-electron chi connectivity index (χ2n) is 5.93. The molecule has 1 aliphatic heterocycles. The molecule has 0 bridgehead atoms. The van der Waals surface area contributed by atoms with Crippen LogP contribution in [0.3, 0.4) is 0 Å². The summed E-state index contributed by atoms with van der Waals surface area (Å²) in [7, 11) is 0. The van der Waals surface area contributed by atoms with Crippen molar-refractivity contribution in [2.75, 3.05) is 31.1 Å². The first-order valence-electron chi connectivity index (χ1n) is 6.42. The van der Waals surface area contributed by atoms with Crippen LogP contribution in [-0.4, -0.2) is 36.1 Å². The van der Waals surface area contributed by atoms with Crippen molar-refractivity contribution in [3.8, 4) is 0 Å². The van der Waals surface area contributed by atoms with Crippen LogP contribution in [-0.2, 0) is 6.42 Å². The Morgan fingerprint density at radius 3 is 2.56 bits per heavy atom. The Hall–Kier alpha value is -1.23. The molecule has 2 rings (SSSR count). The summed E-state index contributed by atoms with van der Waals surface area (Å²) in [6, 6.07) is 0. The van der Waals surface area contributed by atoms with Gasteiger partial charge in [-0.3, -0.25) is 0 Å². The number of rotatable bonds is 2. The van der Waals surface area contributed by atoms with E-state index in [1.807, 2.05) is 4.90 Å². The quantitative estimate of drug-likeness (QED) is 0.868. The standard InChI is InChI=1S/C13H21FN4/c1-13(2,3)8-10-11(14)12(17-9-16-10)18-6-4-15-5-7-18/h9,15H,4-8H2,1-3H3. The van der Waals surface area contributed by atoms with E-state index in [0.717, 1.165) is 26.2 Å². The lowest BCUT2D eigenvalue weighted by Gasteiger charge is -2.29. The molecule has 2 heterocycles. The van der Waals surface area contributed by atoms with Crippen molar-refractivity contribution in [1.82, 2.24) is 15.3 Å². The molecule has 1 saturated heterocycles. The summed E-state index contributed by atoms with van der Waals surface area (Å²) in [5.74, 6) is 0.195. The third-order valence-electron chi connectivity index (χ3n) is 2.96. The number of aromatic nitrogens is 2. The maximum atomic E-state index is 14.4. The molecular formula is C13H21FN4. The normalized spacial score (nSPS) is 17.0. The fraction of sp³-hybridized carbons (Fsp3) is 0.692. The smallest absolute Gasteiger partial charge is 0.187 e. The predicted octanol–water partition coefficient (Wildman–Crippen LogP) is 1.61. The molecule has 4 nitrogen and oxygen atoms in total. The molecule has 0 saturated carbocycles. The minimum atomic E-state index is -0.255. The van der Waals surface area contributed by atoms with Gasteiger partial charge in [0.2, 0.25) is 0 Å². The number of nitrogens with zero attached hydrogens (tertiary/aromatic N) is 3. The second kappa shape index (κ2) is 5.18. The van der Waals surface area contributed by atoms with E-state index in [-0.39, 0.29) is 11.2 Å². The van der Waals surface area contributed by atoms with Gasteiger partial charge in [-0.15, -0.1) is 0 Å². The van der Waals surface area contributed by atoms with Gasteiger partial charge in [0.05, 0.1) is 5.69 Å². The van der Waals surface area contributed by atoms with Crippen molar-refractivity contribution in [3.05, 3.63) is 17.8 Å². The molecule has 0 aromatic carbocycles. The topological polar surface area (TPSA) is 41.1 Å². The molecule has 0 unspecified atom stereocenters. The lowest BCUT2D eigenvalue weighted by molar-refractivity contribution is 0.394. The predicted molar refractivity (Wildman–Crippen MR) is 70.2 cm³/mol. The zero-order valence-corrected chi connectivity index (χ0v) is 11.3. The highest BCUT2D eigenvalue weighted by atomic mass is 19.1. The van der Waals surface area contributed by atoms with Gasteiger partial charge in [0.25, 0.3) is 0 Å². The van der Waals surface area contributed by atoms with Crippen LogP contribution in [0.4, 0.5) is 10.2 Å². The first kappa shape index (κ1) is 13.2. The van der Waals surface area contributed by atoms with Crippen molar-refractivity contribution in [2.24, 2.45) is 5.41 Å². The Balaban J connectivity index is 2.23. The number of hydrogen-bond acceptors (Lipinski definition) is 4. The summed E-state index contributed by atoms with van der Waals surface area (Å²) in [4.78, 5) is 10.2. The summed E-state index contributed by atoms with van der Waals surface area (Å²) in [5, 5.41) is 3.25. The summed E-state index contributed by atoms with van der Waals surface area (Å²) in [6.45, 7) is 9.58. The average molecular weight is 252 g/mol. The van der Waals surface area contributed by atoms with Gasteiger partial charge in [-0.1, -0.05) is 20.8 Å². The fourth-order valence-corrected chi connectivity index (χ4v) is 2.12. The van der Waals surface area contributed by atoms with Gasteiger partial charge in [0.1, 0.15) is 6.33 Å². The van der Waals surface area contributed by atoms with Crippen molar-refractivity contribution in [3.63, 3.8) is 0 Å². The van der Waals surface area contributed by atoms with E-state index in [1.54, 1.807) is 0 Å². The molecule has 1 aliphatic rings. The second-order valence-corrected chi connectivity index (χ2v) is 5.93. The zero-order chi connectivity index (χ0) is 13.2. The summed E-state index contributed by atoms with van der Waals surface area (Å²) >= 11 is 0. The van der Waals surface area contributed by atoms with E-state index >= 15 is 0 Å². The van der Waals surface area contributed by atoms with Crippen LogP contribution >= 0.6 is 0 Å². The molecule has 1 N–H and O–H groups in total. The summed E-state index contributed by atoms with van der Waals surface area (Å²) < 4.78 is 14.4. The third kappa shape index (κ3) is 3.16. The first-order chi connectivity index (χ1) is 8.47. The number of halogens is 1. The molecule has 0 aliphatic carbocycles. The molecule has 5 heteroatoms. The monoisotopic (exact) mass is 252 g/mol. The largest absolute Gasteiger partial charge is 0.352 e. The van der Waals surface area contributed by atoms with Crippen molar-refractivity contribution >= 4 is 5.82 Å². The third-order valence-corrected chi connectivity index (χ3v) is 2.96. The van der Waals surface area contributed by atoms with Crippen molar-refractivity contribution < 1.29 is 4.39 Å². The van der Waals surface area contributed by atoms with Crippen LogP contribution in [0.5, 0.6) is 0 Å². The molecule has 0 spiro atoms. The Labute approximate surface area is 108 Å². The van der Waals surface area contributed by atoms with Crippen LogP contribution < -0.4 is 10.2 Å². The molecule has 0 atom stereocenters. The van der Waals surface area contributed by atoms with E-state index in [0.29, 0.717) is 17.9 Å². The van der Waals surface area contributed by atoms with Crippen molar-refractivity contribution in [1.29, 1.82) is 0 Å². The lowest BCUT2D eigenvalue weighted by atomic mass is 9.90. The van der Waals surface area contributed by atoms with Crippen LogP contribution in [0.25, 0.3) is 0 Å². The molecule has 1 aromatic heterocycles. The average Bonchev–Trinajstić information content (AvgIpc) is 2.31. The molecule has 0 radical (unpaired) electrons. The van der Waals surface area contributed by atoms with E-state index in [2.05, 4.69) is 36.1 Å². The molecule has 100 valence electrons. The highest BCUT2D eigenvalue weighted by molar-refractivity contribution is 5.41. The van der Waals surface area contributed by atoms with Crippen LogP contribution in [0.1, 0.15) is 26.5 Å². The molecule has 1 fully saturated rings. The molecule has 0 amide bonds. The van der Waals surface area contributed by atoms with Gasteiger partial charge in [-0.25, -0.2) is 14.4 Å². The maximum Gasteiger partial charge on any atom is 0.187 e. The number of piperazine rings is 1. The van der Waals surface area contributed by atoms with E-state index < -0.39 is 0 Å². The highest BCUT2D eigenvalue weighted by Crippen LogP contribution is 2.24. The zero-order valence-electron chi connectivity index (χ0n) is 11.3. The summed E-state index contributed by atoms with van der Waals surface area (Å²) in [6.07, 6.45) is 2.10. The Morgan fingerprint density at radius 1 is 1.28 bits per heavy atom. The summed E-state index contributed by atoms with van der Waals surface area (Å²) in [5.41, 5.74) is 0.543. The maximum absolute atomic E-state index is 14.4. The van der Waals surface area contributed by atoms with Gasteiger partial charge in [-0.2, -0.15) is 0 Å². The van der Waals surface area contributed by atoms with Crippen LogP contribution in [0, 0.1) is 11.2 Å².